The molecule has 25 heavy (non-hydrogen) atoms. The number of rotatable bonds is 3. The molecule has 0 aliphatic carbocycles. The van der Waals surface area contributed by atoms with Gasteiger partial charge in [-0.1, -0.05) is 0 Å². The van der Waals surface area contributed by atoms with Gasteiger partial charge in [0.1, 0.15) is 0 Å². The maximum absolute atomic E-state index is 13.3. The van der Waals surface area contributed by atoms with Gasteiger partial charge in [0.05, 0.1) is 5.60 Å². The number of β-amino-alcohol motifs (C(OH)–C–C–N with tert-alkyl or cyclic N) is 1. The van der Waals surface area contributed by atoms with Gasteiger partial charge in [-0.15, -0.1) is 0 Å². The highest BCUT2D eigenvalue weighted by Gasteiger charge is 2.39. The van der Waals surface area contributed by atoms with E-state index in [2.05, 4.69) is 5.32 Å². The van der Waals surface area contributed by atoms with Gasteiger partial charge in [-0.3, -0.25) is 4.79 Å². The molecule has 3 aliphatic rings. The Bertz CT molecular complexity index is 461. The van der Waals surface area contributed by atoms with Gasteiger partial charge in [0.15, 0.2) is 0 Å². The molecule has 3 rings (SSSR count). The van der Waals surface area contributed by atoms with Crippen LogP contribution in [0.25, 0.3) is 0 Å². The van der Waals surface area contributed by atoms with Crippen LogP contribution in [0.5, 0.6) is 0 Å². The van der Waals surface area contributed by atoms with Crippen molar-refractivity contribution in [1.29, 1.82) is 0 Å². The third kappa shape index (κ3) is 5.11. The lowest BCUT2D eigenvalue weighted by molar-refractivity contribution is -0.136. The normalized spacial score (nSPS) is 32.4. The van der Waals surface area contributed by atoms with Crippen molar-refractivity contribution >= 4 is 5.91 Å². The topological polar surface area (TPSA) is 55.8 Å². The van der Waals surface area contributed by atoms with Crippen molar-refractivity contribution < 1.29 is 18.7 Å². The number of piperidine rings is 2. The second kappa shape index (κ2) is 7.84. The second-order valence-corrected chi connectivity index (χ2v) is 8.06. The summed E-state index contributed by atoms with van der Waals surface area (Å²) in [6, 6.07) is 0. The number of amides is 1. The quantitative estimate of drug-likeness (QED) is 0.801. The van der Waals surface area contributed by atoms with E-state index in [9.17, 15) is 18.7 Å². The van der Waals surface area contributed by atoms with Gasteiger partial charge >= 0.3 is 0 Å². The van der Waals surface area contributed by atoms with E-state index in [1.54, 1.807) is 0 Å². The first kappa shape index (κ1) is 19.0. The highest BCUT2D eigenvalue weighted by atomic mass is 19.3. The molecule has 1 atom stereocenters. The number of hydrogen-bond donors (Lipinski definition) is 2. The predicted molar refractivity (Wildman–Crippen MR) is 91.6 cm³/mol. The van der Waals surface area contributed by atoms with Gasteiger partial charge < -0.3 is 20.2 Å². The Hall–Kier alpha value is -0.790. The molecule has 3 fully saturated rings. The summed E-state index contributed by atoms with van der Waals surface area (Å²) in [5.41, 5.74) is -0.865. The Balaban J connectivity index is 1.51. The highest BCUT2D eigenvalue weighted by Crippen LogP contribution is 2.31. The fourth-order valence-corrected chi connectivity index (χ4v) is 4.34. The van der Waals surface area contributed by atoms with Crippen LogP contribution in [0.3, 0.4) is 0 Å². The predicted octanol–water partition coefficient (Wildman–Crippen LogP) is 1.46. The summed E-state index contributed by atoms with van der Waals surface area (Å²) in [7, 11) is 0. The van der Waals surface area contributed by atoms with Crippen LogP contribution in [0.15, 0.2) is 0 Å². The maximum atomic E-state index is 13.3. The first-order valence-corrected chi connectivity index (χ1v) is 9.69. The van der Waals surface area contributed by atoms with E-state index in [4.69, 9.17) is 0 Å². The minimum atomic E-state index is -2.55. The van der Waals surface area contributed by atoms with Gasteiger partial charge in [0.2, 0.25) is 5.91 Å². The Morgan fingerprint density at radius 1 is 1.04 bits per heavy atom. The summed E-state index contributed by atoms with van der Waals surface area (Å²) in [5.74, 6) is -2.22. The maximum Gasteiger partial charge on any atom is 0.250 e. The molecule has 7 heteroatoms. The standard InChI is InChI=1S/C18H31F2N3O2/c19-18(20)6-11-22(12-7-18)14-17(25)4-1-10-23(13-5-17)16(24)15-2-8-21-9-3-15/h15,21,25H,1-14H2/t17-/m1/s1. The average molecular weight is 359 g/mol. The number of likely N-dealkylation sites (tertiary alicyclic amines) is 2. The van der Waals surface area contributed by atoms with Crippen molar-refractivity contribution in [1.82, 2.24) is 15.1 Å². The summed E-state index contributed by atoms with van der Waals surface area (Å²) in [4.78, 5) is 16.6. The molecular weight excluding hydrogens is 328 g/mol. The zero-order valence-corrected chi connectivity index (χ0v) is 15.0. The number of aliphatic hydroxyl groups is 1. The molecule has 0 spiro atoms. The molecule has 3 saturated heterocycles. The minimum absolute atomic E-state index is 0.108. The van der Waals surface area contributed by atoms with Gasteiger partial charge in [-0.05, 0) is 45.2 Å². The van der Waals surface area contributed by atoms with E-state index in [0.717, 1.165) is 32.4 Å². The Morgan fingerprint density at radius 2 is 1.72 bits per heavy atom. The monoisotopic (exact) mass is 359 g/mol. The molecule has 0 aromatic rings. The van der Waals surface area contributed by atoms with E-state index in [1.165, 1.54) is 0 Å². The molecule has 2 N–H and O–H groups in total. The molecule has 3 heterocycles. The number of carbonyl (C=O) groups is 1. The summed E-state index contributed by atoms with van der Waals surface area (Å²) in [6.07, 6.45) is 3.49. The summed E-state index contributed by atoms with van der Waals surface area (Å²) >= 11 is 0. The molecule has 0 aromatic carbocycles. The molecule has 3 aliphatic heterocycles. The van der Waals surface area contributed by atoms with E-state index >= 15 is 0 Å². The van der Waals surface area contributed by atoms with Crippen LogP contribution in [0.2, 0.25) is 0 Å². The summed E-state index contributed by atoms with van der Waals surface area (Å²) in [6.45, 7) is 4.19. The lowest BCUT2D eigenvalue weighted by Gasteiger charge is -2.37. The first-order chi connectivity index (χ1) is 11.9. The van der Waals surface area contributed by atoms with Gasteiger partial charge in [-0.2, -0.15) is 0 Å². The SMILES string of the molecule is O=C(C1CCNCC1)N1CCC[C@](O)(CN2CCC(F)(F)CC2)CC1. The number of nitrogens with zero attached hydrogens (tertiary/aromatic N) is 2. The van der Waals surface area contributed by atoms with Crippen molar-refractivity contribution in [2.75, 3.05) is 45.8 Å². The fourth-order valence-electron chi connectivity index (χ4n) is 4.34. The number of nitrogens with one attached hydrogen (secondary N) is 1. The molecule has 0 bridgehead atoms. The van der Waals surface area contributed by atoms with Crippen molar-refractivity contribution in [3.63, 3.8) is 0 Å². The Kier molecular flexibility index (Phi) is 5.96. The third-order valence-corrected chi connectivity index (χ3v) is 6.02. The van der Waals surface area contributed by atoms with Crippen molar-refractivity contribution in [2.24, 2.45) is 5.92 Å². The average Bonchev–Trinajstić information content (AvgIpc) is 2.79. The zero-order valence-electron chi connectivity index (χ0n) is 15.0. The van der Waals surface area contributed by atoms with Crippen LogP contribution >= 0.6 is 0 Å². The molecular formula is C18H31F2N3O2. The number of alkyl halides is 2. The van der Waals surface area contributed by atoms with Gasteiger partial charge in [-0.25, -0.2) is 8.78 Å². The van der Waals surface area contributed by atoms with Crippen LogP contribution in [0.4, 0.5) is 8.78 Å². The Labute approximate surface area is 148 Å². The number of halogens is 2. The van der Waals surface area contributed by atoms with Crippen LogP contribution in [-0.4, -0.2) is 78.2 Å². The van der Waals surface area contributed by atoms with Gasteiger partial charge in [0, 0.05) is 51.5 Å². The van der Waals surface area contributed by atoms with Crippen molar-refractivity contribution in [2.45, 2.75) is 56.5 Å². The molecule has 1 amide bonds. The number of carbonyl (C=O) groups excluding carboxylic acids is 1. The van der Waals surface area contributed by atoms with Crippen LogP contribution in [0.1, 0.15) is 44.9 Å². The lowest BCUT2D eigenvalue weighted by Crippen LogP contribution is -2.48. The van der Waals surface area contributed by atoms with E-state index in [1.807, 2.05) is 9.80 Å². The summed E-state index contributed by atoms with van der Waals surface area (Å²) < 4.78 is 26.6. The zero-order chi connectivity index (χ0) is 17.9. The molecule has 0 saturated carbocycles. The van der Waals surface area contributed by atoms with Crippen molar-refractivity contribution in [3.8, 4) is 0 Å². The van der Waals surface area contributed by atoms with E-state index in [-0.39, 0.29) is 24.7 Å². The minimum Gasteiger partial charge on any atom is -0.388 e. The largest absolute Gasteiger partial charge is 0.388 e. The molecule has 0 radical (unpaired) electrons. The fraction of sp³-hybridized carbons (Fsp3) is 0.944. The lowest BCUT2D eigenvalue weighted by atomic mass is 9.93. The van der Waals surface area contributed by atoms with Crippen molar-refractivity contribution in [3.05, 3.63) is 0 Å². The molecule has 144 valence electrons. The summed E-state index contributed by atoms with van der Waals surface area (Å²) in [5, 5.41) is 14.2. The third-order valence-electron chi connectivity index (χ3n) is 6.02. The first-order valence-electron chi connectivity index (χ1n) is 9.69. The second-order valence-electron chi connectivity index (χ2n) is 8.06. The Morgan fingerprint density at radius 3 is 2.40 bits per heavy atom. The van der Waals surface area contributed by atoms with Crippen LogP contribution in [0, 0.1) is 5.92 Å². The highest BCUT2D eigenvalue weighted by molar-refractivity contribution is 5.79. The van der Waals surface area contributed by atoms with Crippen LogP contribution < -0.4 is 5.32 Å². The van der Waals surface area contributed by atoms with Gasteiger partial charge in [0.25, 0.3) is 5.92 Å². The van der Waals surface area contributed by atoms with E-state index < -0.39 is 11.5 Å². The molecule has 0 unspecified atom stereocenters. The molecule has 0 aromatic heterocycles. The molecule has 5 nitrogen and oxygen atoms in total. The van der Waals surface area contributed by atoms with E-state index in [0.29, 0.717) is 45.6 Å². The van der Waals surface area contributed by atoms with Crippen LogP contribution in [-0.2, 0) is 4.79 Å². The smallest absolute Gasteiger partial charge is 0.250 e. The number of hydrogen-bond acceptors (Lipinski definition) is 4.